The number of hydrogen-bond acceptors (Lipinski definition) is 3. The molecule has 25 heavy (non-hydrogen) atoms. The Balaban J connectivity index is 0.00000312. The molecule has 7 heteroatoms. The quantitative estimate of drug-likeness (QED) is 0.244. The number of guanidine groups is 1. The first-order chi connectivity index (χ1) is 11.7. The van der Waals surface area contributed by atoms with Gasteiger partial charge < -0.3 is 20.1 Å². The summed E-state index contributed by atoms with van der Waals surface area (Å²) >= 11 is 6.07. The normalized spacial score (nSPS) is 15.7. The van der Waals surface area contributed by atoms with Gasteiger partial charge in [0.1, 0.15) is 12.4 Å². The van der Waals surface area contributed by atoms with Crippen molar-refractivity contribution in [3.8, 4) is 5.75 Å². The molecule has 0 unspecified atom stereocenters. The molecule has 5 nitrogen and oxygen atoms in total. The first kappa shape index (κ1) is 22.3. The summed E-state index contributed by atoms with van der Waals surface area (Å²) < 4.78 is 10.9. The summed E-state index contributed by atoms with van der Waals surface area (Å²) in [5, 5.41) is 7.34. The van der Waals surface area contributed by atoms with Crippen LogP contribution in [-0.2, 0) is 4.74 Å². The third-order valence-electron chi connectivity index (χ3n) is 4.59. The molecule has 0 spiro atoms. The van der Waals surface area contributed by atoms with Gasteiger partial charge in [-0.1, -0.05) is 30.2 Å². The van der Waals surface area contributed by atoms with E-state index in [2.05, 4.69) is 15.6 Å². The second-order valence-corrected chi connectivity index (χ2v) is 6.63. The summed E-state index contributed by atoms with van der Waals surface area (Å²) in [6.07, 6.45) is 4.93. The number of aliphatic imine (C=N–C) groups is 1. The third kappa shape index (κ3) is 7.19. The van der Waals surface area contributed by atoms with Crippen LogP contribution in [0, 0.1) is 5.41 Å². The van der Waals surface area contributed by atoms with Gasteiger partial charge in [-0.3, -0.25) is 4.99 Å². The SMILES string of the molecule is CN=C(NCCOc1ccccc1Cl)NCC1(CCOC)CCC1.I. The van der Waals surface area contributed by atoms with E-state index in [-0.39, 0.29) is 24.0 Å². The molecule has 1 aliphatic rings. The van der Waals surface area contributed by atoms with E-state index in [4.69, 9.17) is 21.1 Å². The average molecular weight is 482 g/mol. The fourth-order valence-corrected chi connectivity index (χ4v) is 3.08. The van der Waals surface area contributed by atoms with Crippen LogP contribution in [-0.4, -0.2) is 46.4 Å². The van der Waals surface area contributed by atoms with Crippen molar-refractivity contribution in [1.29, 1.82) is 0 Å². The van der Waals surface area contributed by atoms with Crippen molar-refractivity contribution in [2.24, 2.45) is 10.4 Å². The van der Waals surface area contributed by atoms with Gasteiger partial charge in [0.05, 0.1) is 11.6 Å². The number of para-hydroxylation sites is 1. The van der Waals surface area contributed by atoms with Crippen LogP contribution in [0.5, 0.6) is 5.75 Å². The average Bonchev–Trinajstić information content (AvgIpc) is 2.56. The predicted molar refractivity (Wildman–Crippen MR) is 115 cm³/mol. The lowest BCUT2D eigenvalue weighted by Crippen LogP contribution is -2.47. The molecule has 0 bridgehead atoms. The van der Waals surface area contributed by atoms with Gasteiger partial charge in [0, 0.05) is 27.3 Å². The van der Waals surface area contributed by atoms with E-state index in [1.165, 1.54) is 19.3 Å². The number of nitrogens with one attached hydrogen (secondary N) is 2. The molecule has 0 heterocycles. The summed E-state index contributed by atoms with van der Waals surface area (Å²) in [6, 6.07) is 7.49. The number of halogens is 2. The van der Waals surface area contributed by atoms with E-state index in [1.54, 1.807) is 14.2 Å². The second-order valence-electron chi connectivity index (χ2n) is 6.23. The van der Waals surface area contributed by atoms with E-state index in [0.717, 1.165) is 25.5 Å². The van der Waals surface area contributed by atoms with Crippen molar-refractivity contribution in [2.45, 2.75) is 25.7 Å². The minimum Gasteiger partial charge on any atom is -0.490 e. The maximum atomic E-state index is 6.07. The summed E-state index contributed by atoms with van der Waals surface area (Å²) in [5.41, 5.74) is 0.363. The molecule has 2 N–H and O–H groups in total. The summed E-state index contributed by atoms with van der Waals surface area (Å²) in [4.78, 5) is 4.27. The molecule has 1 aromatic carbocycles. The molecule has 1 saturated carbocycles. The van der Waals surface area contributed by atoms with Crippen LogP contribution in [0.2, 0.25) is 5.02 Å². The third-order valence-corrected chi connectivity index (χ3v) is 4.91. The summed E-state index contributed by atoms with van der Waals surface area (Å²) in [5.74, 6) is 1.51. The maximum Gasteiger partial charge on any atom is 0.191 e. The fraction of sp³-hybridized carbons (Fsp3) is 0.611. The van der Waals surface area contributed by atoms with Gasteiger partial charge in [-0.15, -0.1) is 24.0 Å². The van der Waals surface area contributed by atoms with Gasteiger partial charge >= 0.3 is 0 Å². The molecular weight excluding hydrogens is 453 g/mol. The van der Waals surface area contributed by atoms with E-state index < -0.39 is 0 Å². The highest BCUT2D eigenvalue weighted by Crippen LogP contribution is 2.43. The highest BCUT2D eigenvalue weighted by molar-refractivity contribution is 14.0. The van der Waals surface area contributed by atoms with Crippen molar-refractivity contribution in [3.05, 3.63) is 29.3 Å². The lowest BCUT2D eigenvalue weighted by Gasteiger charge is -2.42. The summed E-state index contributed by atoms with van der Waals surface area (Å²) in [7, 11) is 3.55. The number of nitrogens with zero attached hydrogens (tertiary/aromatic N) is 1. The Morgan fingerprint density at radius 1 is 1.24 bits per heavy atom. The number of ether oxygens (including phenoxy) is 2. The smallest absolute Gasteiger partial charge is 0.191 e. The molecule has 2 rings (SSSR count). The van der Waals surface area contributed by atoms with Gasteiger partial charge in [-0.2, -0.15) is 0 Å². The van der Waals surface area contributed by atoms with E-state index in [0.29, 0.717) is 29.3 Å². The molecule has 0 aromatic heterocycles. The number of rotatable bonds is 9. The lowest BCUT2D eigenvalue weighted by molar-refractivity contribution is 0.0732. The highest BCUT2D eigenvalue weighted by atomic mass is 127. The largest absolute Gasteiger partial charge is 0.490 e. The Bertz CT molecular complexity index is 539. The van der Waals surface area contributed by atoms with Gasteiger partial charge in [-0.05, 0) is 36.8 Å². The first-order valence-electron chi connectivity index (χ1n) is 8.50. The van der Waals surface area contributed by atoms with Crippen molar-refractivity contribution in [2.75, 3.05) is 40.5 Å². The zero-order valence-electron chi connectivity index (χ0n) is 15.0. The Morgan fingerprint density at radius 3 is 2.60 bits per heavy atom. The van der Waals surface area contributed by atoms with Crippen LogP contribution < -0.4 is 15.4 Å². The Morgan fingerprint density at radius 2 is 2.00 bits per heavy atom. The molecular formula is C18H29ClIN3O2. The zero-order valence-corrected chi connectivity index (χ0v) is 18.1. The highest BCUT2D eigenvalue weighted by Gasteiger charge is 2.36. The molecule has 0 saturated heterocycles. The molecule has 0 atom stereocenters. The monoisotopic (exact) mass is 481 g/mol. The van der Waals surface area contributed by atoms with Crippen LogP contribution in [0.25, 0.3) is 0 Å². The summed E-state index contributed by atoms with van der Waals surface area (Å²) in [6.45, 7) is 2.94. The molecule has 142 valence electrons. The molecule has 1 fully saturated rings. The van der Waals surface area contributed by atoms with Crippen LogP contribution in [0.15, 0.2) is 29.3 Å². The molecule has 0 aliphatic heterocycles. The van der Waals surface area contributed by atoms with Crippen LogP contribution in [0.3, 0.4) is 0 Å². The van der Waals surface area contributed by atoms with Crippen molar-refractivity contribution < 1.29 is 9.47 Å². The Hall–Kier alpha value is -0.730. The Labute approximate surface area is 172 Å². The van der Waals surface area contributed by atoms with E-state index in [1.807, 2.05) is 24.3 Å². The second kappa shape index (κ2) is 11.8. The van der Waals surface area contributed by atoms with E-state index in [9.17, 15) is 0 Å². The number of hydrogen-bond donors (Lipinski definition) is 2. The number of benzene rings is 1. The Kier molecular flexibility index (Phi) is 10.5. The minimum absolute atomic E-state index is 0. The van der Waals surface area contributed by atoms with Crippen molar-refractivity contribution in [3.63, 3.8) is 0 Å². The van der Waals surface area contributed by atoms with Gasteiger partial charge in [-0.25, -0.2) is 0 Å². The van der Waals surface area contributed by atoms with Gasteiger partial charge in [0.15, 0.2) is 5.96 Å². The van der Waals surface area contributed by atoms with Crippen LogP contribution in [0.1, 0.15) is 25.7 Å². The first-order valence-corrected chi connectivity index (χ1v) is 8.88. The number of methoxy groups -OCH3 is 1. The molecule has 0 radical (unpaired) electrons. The van der Waals surface area contributed by atoms with Crippen LogP contribution >= 0.6 is 35.6 Å². The van der Waals surface area contributed by atoms with Crippen molar-refractivity contribution in [1.82, 2.24) is 10.6 Å². The van der Waals surface area contributed by atoms with Crippen LogP contribution in [0.4, 0.5) is 0 Å². The molecule has 1 aromatic rings. The topological polar surface area (TPSA) is 54.9 Å². The fourth-order valence-electron chi connectivity index (χ4n) is 2.89. The maximum absolute atomic E-state index is 6.07. The lowest BCUT2D eigenvalue weighted by atomic mass is 9.67. The zero-order chi connectivity index (χ0) is 17.3. The van der Waals surface area contributed by atoms with E-state index >= 15 is 0 Å². The van der Waals surface area contributed by atoms with Crippen molar-refractivity contribution >= 4 is 41.5 Å². The molecule has 1 aliphatic carbocycles. The van der Waals surface area contributed by atoms with Gasteiger partial charge in [0.2, 0.25) is 0 Å². The predicted octanol–water partition coefficient (Wildman–Crippen LogP) is 3.71. The molecule has 0 amide bonds. The minimum atomic E-state index is 0. The van der Waals surface area contributed by atoms with Gasteiger partial charge in [0.25, 0.3) is 0 Å². The standard InChI is InChI=1S/C18H28ClN3O2.HI/c1-20-17(22-14-18(8-5-9-18)10-12-23-2)21-11-13-24-16-7-4-3-6-15(16)19;/h3-4,6-7H,5,8-14H2,1-2H3,(H2,20,21,22);1H.